The lowest BCUT2D eigenvalue weighted by Crippen LogP contribution is -2.50. The van der Waals surface area contributed by atoms with Crippen LogP contribution < -0.4 is 10.2 Å². The third-order valence-electron chi connectivity index (χ3n) is 6.45. The molecule has 0 radical (unpaired) electrons. The van der Waals surface area contributed by atoms with Crippen LogP contribution in [0.5, 0.6) is 0 Å². The molecule has 1 amide bonds. The van der Waals surface area contributed by atoms with Crippen LogP contribution >= 0.6 is 0 Å². The molecule has 1 aromatic heterocycles. The van der Waals surface area contributed by atoms with Gasteiger partial charge in [0, 0.05) is 71.7 Å². The van der Waals surface area contributed by atoms with E-state index in [2.05, 4.69) is 30.1 Å². The monoisotopic (exact) mass is 385 g/mol. The minimum Gasteiger partial charge on any atom is -0.356 e. The van der Waals surface area contributed by atoms with Crippen LogP contribution in [0.25, 0.3) is 0 Å². The standard InChI is InChI=1S/C20H31N7O/c1-21-18(27-11-7-20(16-27)5-2-6-20)24-10-4-17(28)25-12-14-26(15-13-25)19-22-8-3-9-23-19/h3,8-9H,2,4-7,10-16H2,1H3,(H,21,24). The predicted molar refractivity (Wildman–Crippen MR) is 109 cm³/mol. The molecule has 2 aliphatic heterocycles. The molecular weight excluding hydrogens is 354 g/mol. The quantitative estimate of drug-likeness (QED) is 0.615. The van der Waals surface area contributed by atoms with Crippen molar-refractivity contribution in [3.63, 3.8) is 0 Å². The van der Waals surface area contributed by atoms with Gasteiger partial charge in [-0.25, -0.2) is 9.97 Å². The number of hydrogen-bond donors (Lipinski definition) is 1. The Labute approximate surface area is 167 Å². The molecule has 1 spiro atoms. The summed E-state index contributed by atoms with van der Waals surface area (Å²) in [6.45, 7) is 5.83. The number of guanidine groups is 1. The van der Waals surface area contributed by atoms with Crippen LogP contribution in [-0.2, 0) is 4.79 Å². The number of aliphatic imine (C=N–C) groups is 1. The number of aromatic nitrogens is 2. The van der Waals surface area contributed by atoms with Crippen LogP contribution in [-0.4, -0.2) is 84.5 Å². The molecule has 0 atom stereocenters. The van der Waals surface area contributed by atoms with Gasteiger partial charge in [-0.3, -0.25) is 9.79 Å². The Balaban J connectivity index is 1.18. The van der Waals surface area contributed by atoms with Gasteiger partial charge in [-0.1, -0.05) is 6.42 Å². The lowest BCUT2D eigenvalue weighted by Gasteiger charge is -2.38. The maximum Gasteiger partial charge on any atom is 0.225 e. The van der Waals surface area contributed by atoms with Gasteiger partial charge < -0.3 is 20.0 Å². The maximum absolute atomic E-state index is 12.6. The number of piperazine rings is 1. The largest absolute Gasteiger partial charge is 0.356 e. The highest BCUT2D eigenvalue weighted by Gasteiger charge is 2.43. The van der Waals surface area contributed by atoms with Crippen molar-refractivity contribution in [3.8, 4) is 0 Å². The highest BCUT2D eigenvalue weighted by Crippen LogP contribution is 2.47. The van der Waals surface area contributed by atoms with Gasteiger partial charge in [0.2, 0.25) is 11.9 Å². The summed E-state index contributed by atoms with van der Waals surface area (Å²) < 4.78 is 0. The Bertz CT molecular complexity index is 696. The van der Waals surface area contributed by atoms with E-state index in [9.17, 15) is 4.79 Å². The van der Waals surface area contributed by atoms with E-state index in [4.69, 9.17) is 0 Å². The van der Waals surface area contributed by atoms with Crippen molar-refractivity contribution in [1.29, 1.82) is 0 Å². The summed E-state index contributed by atoms with van der Waals surface area (Å²) in [7, 11) is 1.83. The maximum atomic E-state index is 12.6. The lowest BCUT2D eigenvalue weighted by atomic mass is 9.68. The Morgan fingerprint density at radius 2 is 1.86 bits per heavy atom. The molecule has 3 aliphatic rings. The van der Waals surface area contributed by atoms with Crippen molar-refractivity contribution in [2.24, 2.45) is 10.4 Å². The van der Waals surface area contributed by atoms with Crippen LogP contribution in [0.4, 0.5) is 5.95 Å². The summed E-state index contributed by atoms with van der Waals surface area (Å²) in [5.74, 6) is 1.89. The van der Waals surface area contributed by atoms with E-state index in [0.29, 0.717) is 18.4 Å². The predicted octanol–water partition coefficient (Wildman–Crippen LogP) is 0.967. The number of anilines is 1. The van der Waals surface area contributed by atoms with Crippen LogP contribution in [0.15, 0.2) is 23.5 Å². The molecule has 1 aromatic rings. The van der Waals surface area contributed by atoms with Crippen molar-refractivity contribution >= 4 is 17.8 Å². The average Bonchev–Trinajstić information content (AvgIpc) is 3.18. The van der Waals surface area contributed by atoms with E-state index in [-0.39, 0.29) is 5.91 Å². The molecule has 3 heterocycles. The second-order valence-corrected chi connectivity index (χ2v) is 8.17. The summed E-state index contributed by atoms with van der Waals surface area (Å²) in [5.41, 5.74) is 0.551. The summed E-state index contributed by atoms with van der Waals surface area (Å²) >= 11 is 0. The fraction of sp³-hybridized carbons (Fsp3) is 0.700. The topological polar surface area (TPSA) is 77.0 Å². The van der Waals surface area contributed by atoms with Gasteiger partial charge in [-0.05, 0) is 30.7 Å². The third kappa shape index (κ3) is 4.05. The van der Waals surface area contributed by atoms with Gasteiger partial charge >= 0.3 is 0 Å². The first-order valence-electron chi connectivity index (χ1n) is 10.4. The van der Waals surface area contributed by atoms with E-state index in [1.807, 2.05) is 18.0 Å². The molecule has 0 aromatic carbocycles. The van der Waals surface area contributed by atoms with E-state index in [1.165, 1.54) is 25.7 Å². The third-order valence-corrected chi connectivity index (χ3v) is 6.45. The smallest absolute Gasteiger partial charge is 0.225 e. The van der Waals surface area contributed by atoms with Gasteiger partial charge in [0.25, 0.3) is 0 Å². The summed E-state index contributed by atoms with van der Waals surface area (Å²) in [5, 5.41) is 3.40. The molecule has 4 rings (SSSR count). The highest BCUT2D eigenvalue weighted by molar-refractivity contribution is 5.81. The second-order valence-electron chi connectivity index (χ2n) is 8.17. The number of hydrogen-bond acceptors (Lipinski definition) is 5. The molecule has 8 nitrogen and oxygen atoms in total. The number of rotatable bonds is 4. The van der Waals surface area contributed by atoms with Gasteiger partial charge in [-0.15, -0.1) is 0 Å². The number of nitrogens with zero attached hydrogens (tertiary/aromatic N) is 6. The number of nitrogens with one attached hydrogen (secondary N) is 1. The summed E-state index contributed by atoms with van der Waals surface area (Å²) in [4.78, 5) is 32.0. The normalized spacial score (nSPS) is 21.8. The Morgan fingerprint density at radius 3 is 2.46 bits per heavy atom. The van der Waals surface area contributed by atoms with E-state index in [0.717, 1.165) is 51.2 Å². The number of carbonyl (C=O) groups excluding carboxylic acids is 1. The number of carbonyl (C=O) groups is 1. The Kier molecular flexibility index (Phi) is 5.64. The Hall–Kier alpha value is -2.38. The summed E-state index contributed by atoms with van der Waals surface area (Å²) in [6, 6.07) is 1.82. The van der Waals surface area contributed by atoms with E-state index >= 15 is 0 Å². The fourth-order valence-corrected chi connectivity index (χ4v) is 4.58. The molecule has 0 unspecified atom stereocenters. The average molecular weight is 386 g/mol. The molecule has 3 fully saturated rings. The Morgan fingerprint density at radius 1 is 1.11 bits per heavy atom. The van der Waals surface area contributed by atoms with Gasteiger partial charge in [0.05, 0.1) is 0 Å². The minimum atomic E-state index is 0.202. The van der Waals surface area contributed by atoms with E-state index < -0.39 is 0 Å². The molecular formula is C20H31N7O. The first kappa shape index (κ1) is 19.0. The van der Waals surface area contributed by atoms with Crippen molar-refractivity contribution in [3.05, 3.63) is 18.5 Å². The molecule has 8 heteroatoms. The molecule has 2 saturated heterocycles. The lowest BCUT2D eigenvalue weighted by molar-refractivity contribution is -0.131. The summed E-state index contributed by atoms with van der Waals surface area (Å²) in [6.07, 6.45) is 9.38. The fourth-order valence-electron chi connectivity index (χ4n) is 4.58. The van der Waals surface area contributed by atoms with Crippen LogP contribution in [0, 0.1) is 5.41 Å². The zero-order chi connectivity index (χ0) is 19.4. The van der Waals surface area contributed by atoms with E-state index in [1.54, 1.807) is 12.4 Å². The van der Waals surface area contributed by atoms with Crippen molar-refractivity contribution < 1.29 is 4.79 Å². The molecule has 152 valence electrons. The number of likely N-dealkylation sites (tertiary alicyclic amines) is 1. The molecule has 1 aliphatic carbocycles. The second kappa shape index (κ2) is 8.32. The van der Waals surface area contributed by atoms with Crippen LogP contribution in [0.2, 0.25) is 0 Å². The van der Waals surface area contributed by atoms with Gasteiger partial charge in [0.15, 0.2) is 5.96 Å². The first-order chi connectivity index (χ1) is 13.7. The number of amides is 1. The SMILES string of the molecule is CN=C(NCCC(=O)N1CCN(c2ncccn2)CC1)N1CCC2(CCC2)C1. The zero-order valence-corrected chi connectivity index (χ0v) is 16.8. The van der Waals surface area contributed by atoms with Crippen molar-refractivity contribution in [1.82, 2.24) is 25.1 Å². The first-order valence-corrected chi connectivity index (χ1v) is 10.4. The van der Waals surface area contributed by atoms with Crippen molar-refractivity contribution in [2.45, 2.75) is 32.1 Å². The van der Waals surface area contributed by atoms with Crippen LogP contribution in [0.3, 0.4) is 0 Å². The molecule has 28 heavy (non-hydrogen) atoms. The van der Waals surface area contributed by atoms with Crippen molar-refractivity contribution in [2.75, 3.05) is 57.8 Å². The molecule has 1 N–H and O–H groups in total. The van der Waals surface area contributed by atoms with Gasteiger partial charge in [0.1, 0.15) is 0 Å². The minimum absolute atomic E-state index is 0.202. The van der Waals surface area contributed by atoms with Crippen LogP contribution in [0.1, 0.15) is 32.1 Å². The zero-order valence-electron chi connectivity index (χ0n) is 16.8. The molecule has 1 saturated carbocycles. The molecule has 0 bridgehead atoms. The van der Waals surface area contributed by atoms with Gasteiger partial charge in [-0.2, -0.15) is 0 Å². The highest BCUT2D eigenvalue weighted by atomic mass is 16.2.